The lowest BCUT2D eigenvalue weighted by Gasteiger charge is -2.20. The molecule has 70 valence electrons. The molecule has 1 fully saturated rings. The van der Waals surface area contributed by atoms with Gasteiger partial charge in [0.25, 0.3) is 0 Å². The Balaban J connectivity index is 2.33. The standard InChI is InChI=1S/C9H13N3O/c1-7-11-4-2-8(12-7)9(13)3-5-10-6-9/h2,4,10,13H,3,5-6H2,1H3/t9-/m0/s1. The van der Waals surface area contributed by atoms with Crippen molar-refractivity contribution in [1.29, 1.82) is 0 Å². The van der Waals surface area contributed by atoms with Crippen molar-refractivity contribution in [2.45, 2.75) is 18.9 Å². The first-order chi connectivity index (χ1) is 6.21. The summed E-state index contributed by atoms with van der Waals surface area (Å²) in [6.45, 7) is 3.26. The molecule has 1 aliphatic rings. The van der Waals surface area contributed by atoms with Gasteiger partial charge in [-0.05, 0) is 26.0 Å². The van der Waals surface area contributed by atoms with Crippen LogP contribution in [0.4, 0.5) is 0 Å². The molecule has 1 aromatic heterocycles. The van der Waals surface area contributed by atoms with Crippen LogP contribution < -0.4 is 5.32 Å². The van der Waals surface area contributed by atoms with Gasteiger partial charge in [0.15, 0.2) is 0 Å². The number of nitrogens with zero attached hydrogens (tertiary/aromatic N) is 2. The maximum atomic E-state index is 10.1. The topological polar surface area (TPSA) is 58.0 Å². The van der Waals surface area contributed by atoms with Gasteiger partial charge in [-0.1, -0.05) is 0 Å². The van der Waals surface area contributed by atoms with E-state index in [0.29, 0.717) is 12.4 Å². The Morgan fingerprint density at radius 1 is 1.62 bits per heavy atom. The van der Waals surface area contributed by atoms with Crippen LogP contribution in [0.5, 0.6) is 0 Å². The van der Waals surface area contributed by atoms with E-state index in [1.807, 2.05) is 6.92 Å². The van der Waals surface area contributed by atoms with E-state index in [4.69, 9.17) is 0 Å². The second-order valence-corrected chi connectivity index (χ2v) is 3.45. The molecule has 0 radical (unpaired) electrons. The monoisotopic (exact) mass is 179 g/mol. The molecule has 0 aliphatic carbocycles. The predicted molar refractivity (Wildman–Crippen MR) is 48.2 cm³/mol. The summed E-state index contributed by atoms with van der Waals surface area (Å²) < 4.78 is 0. The number of aliphatic hydroxyl groups is 1. The Morgan fingerprint density at radius 3 is 3.08 bits per heavy atom. The second-order valence-electron chi connectivity index (χ2n) is 3.45. The molecule has 1 aromatic rings. The Kier molecular flexibility index (Phi) is 2.01. The fourth-order valence-electron chi connectivity index (χ4n) is 1.61. The number of hydrogen-bond acceptors (Lipinski definition) is 4. The van der Waals surface area contributed by atoms with Gasteiger partial charge in [0.05, 0.1) is 5.69 Å². The van der Waals surface area contributed by atoms with Gasteiger partial charge in [0.2, 0.25) is 0 Å². The Morgan fingerprint density at radius 2 is 2.46 bits per heavy atom. The highest BCUT2D eigenvalue weighted by molar-refractivity contribution is 5.14. The van der Waals surface area contributed by atoms with Crippen LogP contribution in [-0.2, 0) is 5.60 Å². The lowest BCUT2D eigenvalue weighted by Crippen LogP contribution is -2.29. The average Bonchev–Trinajstić information content (AvgIpc) is 2.54. The molecule has 0 bridgehead atoms. The summed E-state index contributed by atoms with van der Waals surface area (Å²) in [6, 6.07) is 1.78. The molecule has 1 aliphatic heterocycles. The number of β-amino-alcohol motifs (C(OH)–C–C–N with tert-alkyl or cyclic N) is 1. The third-order valence-corrected chi connectivity index (χ3v) is 2.39. The largest absolute Gasteiger partial charge is 0.382 e. The molecule has 2 rings (SSSR count). The van der Waals surface area contributed by atoms with Gasteiger partial charge >= 0.3 is 0 Å². The van der Waals surface area contributed by atoms with E-state index >= 15 is 0 Å². The van der Waals surface area contributed by atoms with Crippen molar-refractivity contribution in [3.05, 3.63) is 23.8 Å². The maximum Gasteiger partial charge on any atom is 0.125 e. The molecule has 0 amide bonds. The predicted octanol–water partition coefficient (Wildman–Crippen LogP) is -0.0341. The van der Waals surface area contributed by atoms with Gasteiger partial charge in [0.1, 0.15) is 11.4 Å². The molecular formula is C9H13N3O. The summed E-state index contributed by atoms with van der Waals surface area (Å²) in [5.41, 5.74) is -0.0572. The molecule has 2 N–H and O–H groups in total. The Labute approximate surface area is 77.0 Å². The number of aromatic nitrogens is 2. The van der Waals surface area contributed by atoms with Crippen LogP contribution in [-0.4, -0.2) is 28.2 Å². The summed E-state index contributed by atoms with van der Waals surface area (Å²) in [5.74, 6) is 0.706. The third kappa shape index (κ3) is 1.55. The van der Waals surface area contributed by atoms with Crippen LogP contribution in [0.3, 0.4) is 0 Å². The minimum atomic E-state index is -0.784. The van der Waals surface area contributed by atoms with E-state index in [9.17, 15) is 5.11 Å². The number of rotatable bonds is 1. The smallest absolute Gasteiger partial charge is 0.125 e. The zero-order chi connectivity index (χ0) is 9.31. The summed E-state index contributed by atoms with van der Waals surface area (Å²) in [7, 11) is 0. The average molecular weight is 179 g/mol. The SMILES string of the molecule is Cc1nccc([C@]2(O)CCNC2)n1. The highest BCUT2D eigenvalue weighted by Crippen LogP contribution is 2.25. The first-order valence-electron chi connectivity index (χ1n) is 4.44. The van der Waals surface area contributed by atoms with Crippen LogP contribution in [0.25, 0.3) is 0 Å². The van der Waals surface area contributed by atoms with Crippen LogP contribution in [0.1, 0.15) is 17.9 Å². The van der Waals surface area contributed by atoms with Gasteiger partial charge < -0.3 is 10.4 Å². The van der Waals surface area contributed by atoms with Gasteiger partial charge in [0, 0.05) is 12.7 Å². The Bertz CT molecular complexity index is 307. The fourth-order valence-corrected chi connectivity index (χ4v) is 1.61. The molecule has 0 saturated carbocycles. The molecule has 0 aromatic carbocycles. The molecule has 1 saturated heterocycles. The van der Waals surface area contributed by atoms with Crippen LogP contribution >= 0.6 is 0 Å². The van der Waals surface area contributed by atoms with Gasteiger partial charge in [-0.15, -0.1) is 0 Å². The highest BCUT2D eigenvalue weighted by atomic mass is 16.3. The second kappa shape index (κ2) is 3.05. The van der Waals surface area contributed by atoms with E-state index in [1.165, 1.54) is 0 Å². The van der Waals surface area contributed by atoms with Gasteiger partial charge in [-0.25, -0.2) is 9.97 Å². The van der Waals surface area contributed by atoms with E-state index in [2.05, 4.69) is 15.3 Å². The summed E-state index contributed by atoms with van der Waals surface area (Å²) in [6.07, 6.45) is 2.41. The zero-order valence-corrected chi connectivity index (χ0v) is 7.62. The number of aryl methyl sites for hydroxylation is 1. The van der Waals surface area contributed by atoms with Crippen molar-refractivity contribution in [3.63, 3.8) is 0 Å². The Hall–Kier alpha value is -1.00. The highest BCUT2D eigenvalue weighted by Gasteiger charge is 2.34. The van der Waals surface area contributed by atoms with E-state index in [1.54, 1.807) is 12.3 Å². The molecule has 4 nitrogen and oxygen atoms in total. The molecule has 1 atom stereocenters. The number of hydrogen-bond donors (Lipinski definition) is 2. The van der Waals surface area contributed by atoms with E-state index < -0.39 is 5.60 Å². The minimum absolute atomic E-state index is 0.587. The van der Waals surface area contributed by atoms with E-state index in [-0.39, 0.29) is 0 Å². The maximum absolute atomic E-state index is 10.1. The summed E-state index contributed by atoms with van der Waals surface area (Å²) in [4.78, 5) is 8.23. The normalized spacial score (nSPS) is 27.8. The molecule has 0 spiro atoms. The lowest BCUT2D eigenvalue weighted by atomic mass is 9.99. The molecule has 4 heteroatoms. The van der Waals surface area contributed by atoms with Gasteiger partial charge in [-0.2, -0.15) is 0 Å². The number of nitrogens with one attached hydrogen (secondary N) is 1. The fraction of sp³-hybridized carbons (Fsp3) is 0.556. The van der Waals surface area contributed by atoms with Crippen molar-refractivity contribution in [2.24, 2.45) is 0 Å². The summed E-state index contributed by atoms with van der Waals surface area (Å²) >= 11 is 0. The van der Waals surface area contributed by atoms with Crippen molar-refractivity contribution in [3.8, 4) is 0 Å². The van der Waals surface area contributed by atoms with E-state index in [0.717, 1.165) is 18.7 Å². The first kappa shape index (κ1) is 8.59. The zero-order valence-electron chi connectivity index (χ0n) is 7.62. The molecule has 0 unspecified atom stereocenters. The lowest BCUT2D eigenvalue weighted by molar-refractivity contribution is 0.0538. The van der Waals surface area contributed by atoms with Crippen molar-refractivity contribution >= 4 is 0 Å². The molecular weight excluding hydrogens is 166 g/mol. The third-order valence-electron chi connectivity index (χ3n) is 2.39. The van der Waals surface area contributed by atoms with Crippen molar-refractivity contribution in [1.82, 2.24) is 15.3 Å². The molecule has 2 heterocycles. The van der Waals surface area contributed by atoms with Crippen molar-refractivity contribution < 1.29 is 5.11 Å². The van der Waals surface area contributed by atoms with Crippen molar-refractivity contribution in [2.75, 3.05) is 13.1 Å². The van der Waals surface area contributed by atoms with Crippen LogP contribution in [0.15, 0.2) is 12.3 Å². The quantitative estimate of drug-likeness (QED) is 0.635. The molecule has 13 heavy (non-hydrogen) atoms. The van der Waals surface area contributed by atoms with Crippen LogP contribution in [0, 0.1) is 6.92 Å². The minimum Gasteiger partial charge on any atom is -0.382 e. The van der Waals surface area contributed by atoms with Crippen LogP contribution in [0.2, 0.25) is 0 Å². The first-order valence-corrected chi connectivity index (χ1v) is 4.44. The summed E-state index contributed by atoms with van der Waals surface area (Å²) in [5, 5.41) is 13.3. The van der Waals surface area contributed by atoms with Gasteiger partial charge in [-0.3, -0.25) is 0 Å².